The van der Waals surface area contributed by atoms with E-state index in [-0.39, 0.29) is 46.8 Å². The second kappa shape index (κ2) is 8.62. The Balaban J connectivity index is 1.49. The van der Waals surface area contributed by atoms with E-state index >= 15 is 0 Å². The summed E-state index contributed by atoms with van der Waals surface area (Å²) < 4.78 is 1.46. The monoisotopic (exact) mass is 469 g/mol. The SMILES string of the molecule is CC(C)(C)C1CCc2c(sc3ncn(CCC(=O)Nc4ccc(O)c(C(=O)O)c4)c(=O)c23)C1. The Labute approximate surface area is 194 Å². The van der Waals surface area contributed by atoms with Gasteiger partial charge in [0.1, 0.15) is 16.1 Å². The molecule has 2 heterocycles. The number of aromatic hydroxyl groups is 1. The average Bonchev–Trinajstić information content (AvgIpc) is 3.12. The molecule has 0 aliphatic heterocycles. The lowest BCUT2D eigenvalue weighted by Gasteiger charge is -2.33. The summed E-state index contributed by atoms with van der Waals surface area (Å²) in [6.45, 7) is 6.93. The van der Waals surface area contributed by atoms with Crippen LogP contribution in [0.2, 0.25) is 0 Å². The normalized spacial score (nSPS) is 15.9. The van der Waals surface area contributed by atoms with E-state index in [0.717, 1.165) is 29.7 Å². The van der Waals surface area contributed by atoms with Crippen LogP contribution in [0.5, 0.6) is 5.75 Å². The van der Waals surface area contributed by atoms with Gasteiger partial charge in [-0.3, -0.25) is 14.2 Å². The predicted octanol–water partition coefficient (Wildman–Crippen LogP) is 4.04. The van der Waals surface area contributed by atoms with Crippen LogP contribution >= 0.6 is 11.3 Å². The lowest BCUT2D eigenvalue weighted by atomic mass is 9.72. The van der Waals surface area contributed by atoms with Crippen molar-refractivity contribution in [1.29, 1.82) is 0 Å². The maximum atomic E-state index is 13.2. The van der Waals surface area contributed by atoms with Crippen LogP contribution in [0.1, 0.15) is 54.4 Å². The van der Waals surface area contributed by atoms with E-state index in [1.165, 1.54) is 34.0 Å². The summed E-state index contributed by atoms with van der Waals surface area (Å²) in [4.78, 5) is 43.2. The van der Waals surface area contributed by atoms with Gasteiger partial charge in [-0.25, -0.2) is 9.78 Å². The molecule has 9 heteroatoms. The minimum absolute atomic E-state index is 0.0226. The van der Waals surface area contributed by atoms with Crippen molar-refractivity contribution in [2.45, 2.75) is 53.0 Å². The topological polar surface area (TPSA) is 122 Å². The summed E-state index contributed by atoms with van der Waals surface area (Å²) in [5, 5.41) is 22.0. The molecule has 1 atom stereocenters. The minimum atomic E-state index is -1.29. The lowest BCUT2D eigenvalue weighted by molar-refractivity contribution is -0.116. The molecule has 0 spiro atoms. The Morgan fingerprint density at radius 3 is 2.76 bits per heavy atom. The zero-order valence-corrected chi connectivity index (χ0v) is 19.7. The molecular weight excluding hydrogens is 442 g/mol. The zero-order chi connectivity index (χ0) is 23.9. The highest BCUT2D eigenvalue weighted by molar-refractivity contribution is 7.18. The number of aromatic carboxylic acids is 1. The van der Waals surface area contributed by atoms with Crippen LogP contribution < -0.4 is 10.9 Å². The largest absolute Gasteiger partial charge is 0.507 e. The van der Waals surface area contributed by atoms with E-state index < -0.39 is 5.97 Å². The van der Waals surface area contributed by atoms with Gasteiger partial charge in [0.2, 0.25) is 5.91 Å². The maximum Gasteiger partial charge on any atom is 0.339 e. The van der Waals surface area contributed by atoms with Crippen molar-refractivity contribution in [3.63, 3.8) is 0 Å². The molecule has 1 aliphatic rings. The predicted molar refractivity (Wildman–Crippen MR) is 127 cm³/mol. The fraction of sp³-hybridized carbons (Fsp3) is 0.417. The number of thiophene rings is 1. The molecule has 33 heavy (non-hydrogen) atoms. The summed E-state index contributed by atoms with van der Waals surface area (Å²) in [6, 6.07) is 3.82. The third kappa shape index (κ3) is 4.64. The molecule has 3 aromatic rings. The number of carbonyl (C=O) groups excluding carboxylic acids is 1. The molecule has 0 saturated heterocycles. The van der Waals surface area contributed by atoms with Crippen LogP contribution in [-0.4, -0.2) is 31.6 Å². The average molecular weight is 470 g/mol. The van der Waals surface area contributed by atoms with Crippen LogP contribution in [0.15, 0.2) is 29.3 Å². The van der Waals surface area contributed by atoms with Gasteiger partial charge < -0.3 is 15.5 Å². The second-order valence-electron chi connectivity index (χ2n) is 9.57. The highest BCUT2D eigenvalue weighted by Gasteiger charge is 2.31. The van der Waals surface area contributed by atoms with Gasteiger partial charge in [0, 0.05) is 23.5 Å². The van der Waals surface area contributed by atoms with Crippen LogP contribution in [0.25, 0.3) is 10.2 Å². The summed E-state index contributed by atoms with van der Waals surface area (Å²) in [6.07, 6.45) is 4.39. The van der Waals surface area contributed by atoms with Crippen LogP contribution in [0.3, 0.4) is 0 Å². The number of hydrogen-bond donors (Lipinski definition) is 3. The molecule has 2 aromatic heterocycles. The molecule has 1 unspecified atom stereocenters. The van der Waals surface area contributed by atoms with Crippen molar-refractivity contribution in [3.05, 3.63) is 50.9 Å². The Morgan fingerprint density at radius 2 is 2.06 bits per heavy atom. The standard InChI is InChI=1S/C24H27N3O5S/c1-24(2,3)13-4-6-15-18(10-13)33-21-20(15)22(30)27(12-25-21)9-8-19(29)26-14-5-7-17(28)16(11-14)23(31)32/h5,7,11-13,28H,4,6,8-10H2,1-3H3,(H,26,29)(H,31,32). The molecular formula is C24H27N3O5S. The van der Waals surface area contributed by atoms with Crippen molar-refractivity contribution in [2.24, 2.45) is 11.3 Å². The van der Waals surface area contributed by atoms with Crippen molar-refractivity contribution < 1.29 is 19.8 Å². The molecule has 1 aliphatic carbocycles. The number of carboxylic acid groups (broad SMARTS) is 1. The van der Waals surface area contributed by atoms with Gasteiger partial charge in [0.05, 0.1) is 11.7 Å². The molecule has 1 aromatic carbocycles. The third-order valence-corrected chi connectivity index (χ3v) is 7.51. The van der Waals surface area contributed by atoms with Crippen molar-refractivity contribution in [1.82, 2.24) is 9.55 Å². The van der Waals surface area contributed by atoms with E-state index in [1.54, 1.807) is 11.3 Å². The van der Waals surface area contributed by atoms with Gasteiger partial charge in [0.25, 0.3) is 5.56 Å². The molecule has 3 N–H and O–H groups in total. The Kier molecular flexibility index (Phi) is 6.00. The highest BCUT2D eigenvalue weighted by atomic mass is 32.1. The number of benzene rings is 1. The second-order valence-corrected chi connectivity index (χ2v) is 10.7. The Bertz CT molecular complexity index is 1300. The number of nitrogens with zero attached hydrogens (tertiary/aromatic N) is 2. The number of nitrogens with one attached hydrogen (secondary N) is 1. The molecule has 8 nitrogen and oxygen atoms in total. The number of aryl methyl sites for hydroxylation is 2. The number of amides is 1. The van der Waals surface area contributed by atoms with Crippen molar-refractivity contribution in [2.75, 3.05) is 5.32 Å². The minimum Gasteiger partial charge on any atom is -0.507 e. The lowest BCUT2D eigenvalue weighted by Crippen LogP contribution is -2.27. The number of phenols is 1. The van der Waals surface area contributed by atoms with E-state index in [4.69, 9.17) is 5.11 Å². The van der Waals surface area contributed by atoms with E-state index in [0.29, 0.717) is 11.3 Å². The van der Waals surface area contributed by atoms with E-state index in [1.807, 2.05) is 0 Å². The summed E-state index contributed by atoms with van der Waals surface area (Å²) in [5.74, 6) is -1.46. The number of carbonyl (C=O) groups is 2. The van der Waals surface area contributed by atoms with E-state index in [9.17, 15) is 19.5 Å². The smallest absolute Gasteiger partial charge is 0.339 e. The number of anilines is 1. The first kappa shape index (κ1) is 23.0. The van der Waals surface area contributed by atoms with Gasteiger partial charge in [-0.15, -0.1) is 11.3 Å². The number of carboxylic acids is 1. The van der Waals surface area contributed by atoms with Gasteiger partial charge in [-0.2, -0.15) is 0 Å². The first-order chi connectivity index (χ1) is 15.5. The molecule has 0 bridgehead atoms. The van der Waals surface area contributed by atoms with Gasteiger partial charge in [0.15, 0.2) is 0 Å². The number of hydrogen-bond acceptors (Lipinski definition) is 6. The van der Waals surface area contributed by atoms with Gasteiger partial charge >= 0.3 is 5.97 Å². The highest BCUT2D eigenvalue weighted by Crippen LogP contribution is 2.41. The Hall–Kier alpha value is -3.20. The van der Waals surface area contributed by atoms with Crippen LogP contribution in [-0.2, 0) is 24.2 Å². The molecule has 4 rings (SSSR count). The molecule has 1 amide bonds. The van der Waals surface area contributed by atoms with Gasteiger partial charge in [-0.1, -0.05) is 20.8 Å². The molecule has 174 valence electrons. The fourth-order valence-electron chi connectivity index (χ4n) is 4.33. The maximum absolute atomic E-state index is 13.2. The van der Waals surface area contributed by atoms with Crippen LogP contribution in [0.4, 0.5) is 5.69 Å². The number of fused-ring (bicyclic) bond motifs is 3. The van der Waals surface area contributed by atoms with Crippen LogP contribution in [0, 0.1) is 11.3 Å². The first-order valence-corrected chi connectivity index (χ1v) is 11.7. The zero-order valence-electron chi connectivity index (χ0n) is 18.8. The Morgan fingerprint density at radius 1 is 1.30 bits per heavy atom. The molecule has 0 fully saturated rings. The van der Waals surface area contributed by atoms with E-state index in [2.05, 4.69) is 31.1 Å². The summed E-state index contributed by atoms with van der Waals surface area (Å²) in [5.41, 5.74) is 1.16. The summed E-state index contributed by atoms with van der Waals surface area (Å²) >= 11 is 1.60. The van der Waals surface area contributed by atoms with Crippen molar-refractivity contribution in [3.8, 4) is 5.75 Å². The fourth-order valence-corrected chi connectivity index (χ4v) is 5.59. The van der Waals surface area contributed by atoms with Gasteiger partial charge in [-0.05, 0) is 54.4 Å². The number of aromatic nitrogens is 2. The number of rotatable bonds is 5. The molecule has 0 radical (unpaired) electrons. The third-order valence-electron chi connectivity index (χ3n) is 6.35. The summed E-state index contributed by atoms with van der Waals surface area (Å²) in [7, 11) is 0. The quantitative estimate of drug-likeness (QED) is 0.485. The molecule has 0 saturated carbocycles. The first-order valence-electron chi connectivity index (χ1n) is 10.9. The van der Waals surface area contributed by atoms with Crippen molar-refractivity contribution >= 4 is 39.1 Å².